The van der Waals surface area contributed by atoms with Crippen molar-refractivity contribution in [3.63, 3.8) is 0 Å². The molecule has 1 atom stereocenters. The molecule has 0 bridgehead atoms. The molecule has 2 aliphatic rings. The molecule has 2 amide bonds. The SMILES string of the molecule is O=C(C1CC(=O)N(c2ccc(Cl)cc2)C1)N1CCC1. The van der Waals surface area contributed by atoms with Crippen LogP contribution in [0.1, 0.15) is 12.8 Å². The van der Waals surface area contributed by atoms with Gasteiger partial charge in [0.25, 0.3) is 0 Å². The van der Waals surface area contributed by atoms with Crippen molar-refractivity contribution >= 4 is 29.1 Å². The number of benzene rings is 1. The van der Waals surface area contributed by atoms with Gasteiger partial charge < -0.3 is 9.80 Å². The highest BCUT2D eigenvalue weighted by Gasteiger charge is 2.38. The second kappa shape index (κ2) is 4.85. The van der Waals surface area contributed by atoms with Gasteiger partial charge in [-0.1, -0.05) is 11.6 Å². The molecule has 2 aliphatic heterocycles. The summed E-state index contributed by atoms with van der Waals surface area (Å²) in [5, 5.41) is 0.642. The monoisotopic (exact) mass is 278 g/mol. The largest absolute Gasteiger partial charge is 0.342 e. The molecule has 2 saturated heterocycles. The Hall–Kier alpha value is -1.55. The molecule has 0 N–H and O–H groups in total. The zero-order valence-electron chi connectivity index (χ0n) is 10.5. The zero-order valence-corrected chi connectivity index (χ0v) is 11.3. The van der Waals surface area contributed by atoms with Crippen LogP contribution < -0.4 is 4.90 Å². The van der Waals surface area contributed by atoms with Gasteiger partial charge in [0.05, 0.1) is 5.92 Å². The minimum atomic E-state index is -0.191. The summed E-state index contributed by atoms with van der Waals surface area (Å²) in [6.45, 7) is 2.16. The van der Waals surface area contributed by atoms with Gasteiger partial charge in [-0.05, 0) is 30.7 Å². The average Bonchev–Trinajstić information content (AvgIpc) is 2.70. The molecular weight excluding hydrogens is 264 g/mol. The highest BCUT2D eigenvalue weighted by atomic mass is 35.5. The van der Waals surface area contributed by atoms with Gasteiger partial charge >= 0.3 is 0 Å². The first-order chi connectivity index (χ1) is 9.15. The van der Waals surface area contributed by atoms with Crippen molar-refractivity contribution in [1.29, 1.82) is 0 Å². The second-order valence-corrected chi connectivity index (χ2v) is 5.50. The van der Waals surface area contributed by atoms with Crippen molar-refractivity contribution in [2.24, 2.45) is 5.92 Å². The van der Waals surface area contributed by atoms with E-state index in [2.05, 4.69) is 0 Å². The van der Waals surface area contributed by atoms with E-state index in [4.69, 9.17) is 11.6 Å². The number of halogens is 1. The van der Waals surface area contributed by atoms with Gasteiger partial charge in [0.2, 0.25) is 11.8 Å². The fourth-order valence-corrected chi connectivity index (χ4v) is 2.66. The minimum absolute atomic E-state index is 0.0150. The van der Waals surface area contributed by atoms with E-state index in [0.29, 0.717) is 18.0 Å². The van der Waals surface area contributed by atoms with Crippen LogP contribution in [-0.2, 0) is 9.59 Å². The highest BCUT2D eigenvalue weighted by molar-refractivity contribution is 6.30. The number of hydrogen-bond acceptors (Lipinski definition) is 2. The fourth-order valence-electron chi connectivity index (χ4n) is 2.54. The van der Waals surface area contributed by atoms with E-state index >= 15 is 0 Å². The van der Waals surface area contributed by atoms with Gasteiger partial charge in [0, 0.05) is 36.8 Å². The Bertz CT molecular complexity index is 511. The van der Waals surface area contributed by atoms with Crippen LogP contribution >= 0.6 is 11.6 Å². The topological polar surface area (TPSA) is 40.6 Å². The first-order valence-electron chi connectivity index (χ1n) is 6.50. The quantitative estimate of drug-likeness (QED) is 0.829. The summed E-state index contributed by atoms with van der Waals surface area (Å²) < 4.78 is 0. The molecule has 0 aromatic heterocycles. The second-order valence-electron chi connectivity index (χ2n) is 5.06. The summed E-state index contributed by atoms with van der Waals surface area (Å²) in [6.07, 6.45) is 1.39. The Balaban J connectivity index is 1.72. The Morgan fingerprint density at radius 3 is 2.47 bits per heavy atom. The molecule has 19 heavy (non-hydrogen) atoms. The normalized spacial score (nSPS) is 22.6. The van der Waals surface area contributed by atoms with Crippen LogP contribution in [0.3, 0.4) is 0 Å². The minimum Gasteiger partial charge on any atom is -0.342 e. The first kappa shape index (κ1) is 12.5. The summed E-state index contributed by atoms with van der Waals surface area (Å²) >= 11 is 5.84. The van der Waals surface area contributed by atoms with Crippen LogP contribution in [0.4, 0.5) is 5.69 Å². The lowest BCUT2D eigenvalue weighted by Gasteiger charge is -2.32. The molecule has 100 valence electrons. The smallest absolute Gasteiger partial charge is 0.228 e. The molecule has 1 unspecified atom stereocenters. The summed E-state index contributed by atoms with van der Waals surface area (Å²) in [5.74, 6) is -0.0549. The predicted octanol–water partition coefficient (Wildman–Crippen LogP) is 1.93. The van der Waals surface area contributed by atoms with E-state index in [1.807, 2.05) is 17.0 Å². The molecule has 5 heteroatoms. The number of hydrogen-bond donors (Lipinski definition) is 0. The van der Waals surface area contributed by atoms with Crippen LogP contribution in [0, 0.1) is 5.92 Å². The Morgan fingerprint density at radius 2 is 1.89 bits per heavy atom. The van der Waals surface area contributed by atoms with Crippen molar-refractivity contribution in [2.45, 2.75) is 12.8 Å². The van der Waals surface area contributed by atoms with Crippen LogP contribution in [0.2, 0.25) is 5.02 Å². The predicted molar refractivity (Wildman–Crippen MR) is 73.1 cm³/mol. The molecule has 0 saturated carbocycles. The Kier molecular flexibility index (Phi) is 3.19. The van der Waals surface area contributed by atoms with Crippen molar-refractivity contribution in [2.75, 3.05) is 24.5 Å². The molecule has 2 heterocycles. The van der Waals surface area contributed by atoms with E-state index < -0.39 is 0 Å². The fraction of sp³-hybridized carbons (Fsp3) is 0.429. The van der Waals surface area contributed by atoms with E-state index in [1.165, 1.54) is 0 Å². The number of likely N-dealkylation sites (tertiary alicyclic amines) is 1. The van der Waals surface area contributed by atoms with Crippen molar-refractivity contribution in [1.82, 2.24) is 4.90 Å². The van der Waals surface area contributed by atoms with E-state index in [1.54, 1.807) is 17.0 Å². The third-order valence-corrected chi connectivity index (χ3v) is 4.03. The zero-order chi connectivity index (χ0) is 13.4. The highest BCUT2D eigenvalue weighted by Crippen LogP contribution is 2.28. The number of nitrogens with zero attached hydrogens (tertiary/aromatic N) is 2. The summed E-state index contributed by atoms with van der Waals surface area (Å²) in [7, 11) is 0. The molecule has 1 aromatic rings. The number of amides is 2. The molecule has 3 rings (SSSR count). The lowest BCUT2D eigenvalue weighted by atomic mass is 10.0. The summed E-state index contributed by atoms with van der Waals surface area (Å²) in [5.41, 5.74) is 0.813. The van der Waals surface area contributed by atoms with Crippen molar-refractivity contribution in [3.8, 4) is 0 Å². The molecule has 4 nitrogen and oxygen atoms in total. The lowest BCUT2D eigenvalue weighted by Crippen LogP contribution is -2.45. The van der Waals surface area contributed by atoms with Crippen molar-refractivity contribution in [3.05, 3.63) is 29.3 Å². The molecule has 0 spiro atoms. The number of carbonyl (C=O) groups excluding carboxylic acids is 2. The summed E-state index contributed by atoms with van der Waals surface area (Å²) in [6, 6.07) is 7.15. The van der Waals surface area contributed by atoms with E-state index in [-0.39, 0.29) is 17.7 Å². The molecule has 0 radical (unpaired) electrons. The van der Waals surface area contributed by atoms with Crippen LogP contribution in [0.25, 0.3) is 0 Å². The Morgan fingerprint density at radius 1 is 1.21 bits per heavy atom. The maximum atomic E-state index is 12.1. The maximum Gasteiger partial charge on any atom is 0.228 e. The van der Waals surface area contributed by atoms with Gasteiger partial charge in [-0.25, -0.2) is 0 Å². The van der Waals surface area contributed by atoms with E-state index in [0.717, 1.165) is 25.2 Å². The number of rotatable bonds is 2. The van der Waals surface area contributed by atoms with Crippen LogP contribution in [0.5, 0.6) is 0 Å². The van der Waals surface area contributed by atoms with Gasteiger partial charge in [0.15, 0.2) is 0 Å². The average molecular weight is 279 g/mol. The van der Waals surface area contributed by atoms with Gasteiger partial charge in [-0.15, -0.1) is 0 Å². The molecular formula is C14H15ClN2O2. The third-order valence-electron chi connectivity index (χ3n) is 3.78. The number of carbonyl (C=O) groups is 2. The van der Waals surface area contributed by atoms with Crippen LogP contribution in [-0.4, -0.2) is 36.3 Å². The first-order valence-corrected chi connectivity index (χ1v) is 6.87. The van der Waals surface area contributed by atoms with E-state index in [9.17, 15) is 9.59 Å². The van der Waals surface area contributed by atoms with Crippen molar-refractivity contribution < 1.29 is 9.59 Å². The molecule has 2 fully saturated rings. The van der Waals surface area contributed by atoms with Gasteiger partial charge in [-0.2, -0.15) is 0 Å². The van der Waals surface area contributed by atoms with Gasteiger partial charge in [0.1, 0.15) is 0 Å². The Labute approximate surface area is 116 Å². The number of anilines is 1. The van der Waals surface area contributed by atoms with Crippen LogP contribution in [0.15, 0.2) is 24.3 Å². The summed E-state index contributed by atoms with van der Waals surface area (Å²) in [4.78, 5) is 27.7. The maximum absolute atomic E-state index is 12.1. The lowest BCUT2D eigenvalue weighted by molar-refractivity contribution is -0.139. The van der Waals surface area contributed by atoms with Gasteiger partial charge in [-0.3, -0.25) is 9.59 Å². The molecule has 0 aliphatic carbocycles. The third kappa shape index (κ3) is 2.32. The molecule has 1 aromatic carbocycles. The standard InChI is InChI=1S/C14H15ClN2O2/c15-11-2-4-12(5-3-11)17-9-10(8-13(17)18)14(19)16-6-1-7-16/h2-5,10H,1,6-9H2.